The van der Waals surface area contributed by atoms with Crippen LogP contribution in [0.25, 0.3) is 10.9 Å². The van der Waals surface area contributed by atoms with E-state index >= 15 is 0 Å². The van der Waals surface area contributed by atoms with Gasteiger partial charge >= 0.3 is 0 Å². The molecule has 21 heavy (non-hydrogen) atoms. The van der Waals surface area contributed by atoms with Crippen LogP contribution in [0.5, 0.6) is 0 Å². The molecule has 0 spiro atoms. The van der Waals surface area contributed by atoms with Gasteiger partial charge in [-0.15, -0.1) is 0 Å². The van der Waals surface area contributed by atoms with Crippen LogP contribution in [-0.4, -0.2) is 22.9 Å². The Morgan fingerprint density at radius 2 is 1.81 bits per heavy atom. The Morgan fingerprint density at radius 3 is 2.62 bits per heavy atom. The second-order valence-corrected chi connectivity index (χ2v) is 5.79. The predicted molar refractivity (Wildman–Crippen MR) is 79.1 cm³/mol. The molecule has 1 heterocycles. The van der Waals surface area contributed by atoms with Crippen LogP contribution in [0.2, 0.25) is 0 Å². The number of fused-ring (bicyclic) bond motifs is 1. The first kappa shape index (κ1) is 13.5. The minimum Gasteiger partial charge on any atom is -0.340 e. The molecule has 0 atom stereocenters. The lowest BCUT2D eigenvalue weighted by atomic mass is 10.2. The van der Waals surface area contributed by atoms with Crippen molar-refractivity contribution in [3.8, 4) is 0 Å². The molecule has 3 rings (SSSR count). The van der Waals surface area contributed by atoms with Crippen molar-refractivity contribution in [2.75, 3.05) is 5.32 Å². The Kier molecular flexibility index (Phi) is 3.28. The lowest BCUT2D eigenvalue weighted by Gasteiger charge is -2.08. The van der Waals surface area contributed by atoms with Crippen molar-refractivity contribution in [2.45, 2.75) is 4.90 Å². The van der Waals surface area contributed by atoms with Gasteiger partial charge in [-0.2, -0.15) is 8.42 Å². The summed E-state index contributed by atoms with van der Waals surface area (Å²) in [6.07, 6.45) is 1.43. The van der Waals surface area contributed by atoms with E-state index in [-0.39, 0.29) is 4.90 Å². The van der Waals surface area contributed by atoms with Gasteiger partial charge in [0.1, 0.15) is 12.1 Å². The largest absolute Gasteiger partial charge is 0.340 e. The number of aromatic nitrogens is 2. The zero-order valence-corrected chi connectivity index (χ0v) is 11.6. The van der Waals surface area contributed by atoms with Crippen molar-refractivity contribution in [2.24, 2.45) is 0 Å². The summed E-state index contributed by atoms with van der Waals surface area (Å²) < 4.78 is 31.4. The van der Waals surface area contributed by atoms with Crippen LogP contribution in [0, 0.1) is 0 Å². The zero-order valence-electron chi connectivity index (χ0n) is 10.8. The van der Waals surface area contributed by atoms with E-state index in [4.69, 9.17) is 4.55 Å². The van der Waals surface area contributed by atoms with E-state index in [1.165, 1.54) is 24.5 Å². The molecule has 1 aromatic heterocycles. The topological polar surface area (TPSA) is 92.2 Å². The monoisotopic (exact) mass is 301 g/mol. The minimum atomic E-state index is -4.23. The molecule has 0 aliphatic rings. The van der Waals surface area contributed by atoms with Gasteiger partial charge in [-0.1, -0.05) is 18.2 Å². The summed E-state index contributed by atoms with van der Waals surface area (Å²) in [6.45, 7) is 0. The average molecular weight is 301 g/mol. The van der Waals surface area contributed by atoms with Crippen molar-refractivity contribution >= 4 is 32.5 Å². The highest BCUT2D eigenvalue weighted by Gasteiger charge is 2.10. The molecule has 0 aliphatic carbocycles. The van der Waals surface area contributed by atoms with E-state index in [0.29, 0.717) is 11.5 Å². The predicted octanol–water partition coefficient (Wildman–Crippen LogP) is 2.62. The normalized spacial score (nSPS) is 11.5. The van der Waals surface area contributed by atoms with Crippen molar-refractivity contribution in [3.05, 3.63) is 54.9 Å². The third kappa shape index (κ3) is 2.83. The first-order chi connectivity index (χ1) is 10.0. The van der Waals surface area contributed by atoms with Gasteiger partial charge in [0.25, 0.3) is 10.1 Å². The molecule has 0 saturated heterocycles. The minimum absolute atomic E-state index is 0.175. The van der Waals surface area contributed by atoms with Gasteiger partial charge < -0.3 is 5.32 Å². The van der Waals surface area contributed by atoms with E-state index in [1.54, 1.807) is 6.07 Å². The standard InChI is InChI=1S/C14H11N3O3S/c18-21(19,20)11-5-3-4-10(8-11)17-14-12-6-1-2-7-13(12)15-9-16-14/h1-9H,(H,15,16,17)(H,18,19,20). The fourth-order valence-electron chi connectivity index (χ4n) is 1.98. The molecule has 0 fully saturated rings. The maximum atomic E-state index is 11.2. The fraction of sp³-hybridized carbons (Fsp3) is 0. The van der Waals surface area contributed by atoms with Crippen LogP contribution in [-0.2, 0) is 10.1 Å². The number of hydrogen-bond acceptors (Lipinski definition) is 5. The molecule has 2 N–H and O–H groups in total. The zero-order chi connectivity index (χ0) is 14.9. The van der Waals surface area contributed by atoms with Crippen molar-refractivity contribution in [1.82, 2.24) is 9.97 Å². The molecule has 0 unspecified atom stereocenters. The smallest absolute Gasteiger partial charge is 0.294 e. The van der Waals surface area contributed by atoms with Crippen LogP contribution >= 0.6 is 0 Å². The average Bonchev–Trinajstić information content (AvgIpc) is 2.47. The van der Waals surface area contributed by atoms with Gasteiger partial charge in [0.05, 0.1) is 10.4 Å². The summed E-state index contributed by atoms with van der Waals surface area (Å²) in [7, 11) is -4.23. The molecule has 0 saturated carbocycles. The molecule has 0 bridgehead atoms. The number of hydrogen-bond donors (Lipinski definition) is 2. The molecule has 3 aromatic rings. The number of nitrogens with one attached hydrogen (secondary N) is 1. The lowest BCUT2D eigenvalue weighted by molar-refractivity contribution is 0.483. The molecule has 0 aliphatic heterocycles. The molecule has 6 nitrogen and oxygen atoms in total. The SMILES string of the molecule is O=S(=O)(O)c1cccc(Nc2ncnc3ccccc23)c1. The number of nitrogens with zero attached hydrogens (tertiary/aromatic N) is 2. The molecular formula is C14H11N3O3S. The quantitative estimate of drug-likeness (QED) is 0.722. The Balaban J connectivity index is 2.03. The first-order valence-corrected chi connectivity index (χ1v) is 7.52. The van der Waals surface area contributed by atoms with E-state index in [2.05, 4.69) is 15.3 Å². The highest BCUT2D eigenvalue weighted by molar-refractivity contribution is 7.85. The number of para-hydroxylation sites is 1. The second kappa shape index (κ2) is 5.12. The van der Waals surface area contributed by atoms with Crippen LogP contribution in [0.1, 0.15) is 0 Å². The molecule has 2 aromatic carbocycles. The second-order valence-electron chi connectivity index (χ2n) is 4.37. The van der Waals surface area contributed by atoms with Crippen LogP contribution in [0.15, 0.2) is 59.8 Å². The van der Waals surface area contributed by atoms with Gasteiger partial charge in [0, 0.05) is 11.1 Å². The third-order valence-corrected chi connectivity index (χ3v) is 3.79. The van der Waals surface area contributed by atoms with Gasteiger partial charge in [-0.3, -0.25) is 4.55 Å². The fourth-order valence-corrected chi connectivity index (χ4v) is 2.50. The van der Waals surface area contributed by atoms with Crippen molar-refractivity contribution in [3.63, 3.8) is 0 Å². The number of anilines is 2. The summed E-state index contributed by atoms with van der Waals surface area (Å²) >= 11 is 0. The van der Waals surface area contributed by atoms with E-state index in [1.807, 2.05) is 24.3 Å². The van der Waals surface area contributed by atoms with Gasteiger partial charge in [0.15, 0.2) is 0 Å². The Labute approximate surface area is 121 Å². The van der Waals surface area contributed by atoms with Crippen molar-refractivity contribution < 1.29 is 13.0 Å². The maximum absolute atomic E-state index is 11.2. The highest BCUT2D eigenvalue weighted by Crippen LogP contribution is 2.24. The first-order valence-electron chi connectivity index (χ1n) is 6.08. The van der Waals surface area contributed by atoms with Gasteiger partial charge in [-0.25, -0.2) is 9.97 Å². The molecule has 106 valence electrons. The maximum Gasteiger partial charge on any atom is 0.294 e. The highest BCUT2D eigenvalue weighted by atomic mass is 32.2. The summed E-state index contributed by atoms with van der Waals surface area (Å²) in [4.78, 5) is 8.14. The summed E-state index contributed by atoms with van der Waals surface area (Å²) in [5.41, 5.74) is 1.29. The molecular weight excluding hydrogens is 290 g/mol. The van der Waals surface area contributed by atoms with Crippen LogP contribution in [0.3, 0.4) is 0 Å². The van der Waals surface area contributed by atoms with Crippen LogP contribution in [0.4, 0.5) is 11.5 Å². The summed E-state index contributed by atoms with van der Waals surface area (Å²) in [6, 6.07) is 13.3. The van der Waals surface area contributed by atoms with Gasteiger partial charge in [0.2, 0.25) is 0 Å². The Bertz CT molecular complexity index is 905. The molecule has 0 amide bonds. The third-order valence-electron chi connectivity index (χ3n) is 2.94. The lowest BCUT2D eigenvalue weighted by Crippen LogP contribution is -2.00. The van der Waals surface area contributed by atoms with Crippen LogP contribution < -0.4 is 5.32 Å². The molecule has 7 heteroatoms. The number of benzene rings is 2. The van der Waals surface area contributed by atoms with E-state index in [0.717, 1.165) is 10.9 Å². The number of rotatable bonds is 3. The molecule has 0 radical (unpaired) electrons. The van der Waals surface area contributed by atoms with Gasteiger partial charge in [-0.05, 0) is 30.3 Å². The summed E-state index contributed by atoms with van der Waals surface area (Å²) in [5.74, 6) is 0.563. The Hall–Kier alpha value is -2.51. The van der Waals surface area contributed by atoms with E-state index < -0.39 is 10.1 Å². The Morgan fingerprint density at radius 1 is 1.00 bits per heavy atom. The van der Waals surface area contributed by atoms with Crippen molar-refractivity contribution in [1.29, 1.82) is 0 Å². The summed E-state index contributed by atoms with van der Waals surface area (Å²) in [5, 5.41) is 3.85. The van der Waals surface area contributed by atoms with E-state index in [9.17, 15) is 8.42 Å².